The molecule has 208 valence electrons. The molecule has 0 radical (unpaired) electrons. The average molecular weight is 555 g/mol. The molecule has 1 saturated heterocycles. The topological polar surface area (TPSA) is 152 Å². The molecule has 0 unspecified atom stereocenters. The van der Waals surface area contributed by atoms with Gasteiger partial charge < -0.3 is 20.9 Å². The van der Waals surface area contributed by atoms with Crippen molar-refractivity contribution in [2.24, 2.45) is 5.73 Å². The predicted molar refractivity (Wildman–Crippen MR) is 151 cm³/mol. The summed E-state index contributed by atoms with van der Waals surface area (Å²) in [5.74, 6) is -1.72. The molecule has 1 fully saturated rings. The Labute approximate surface area is 233 Å². The van der Waals surface area contributed by atoms with Crippen molar-refractivity contribution in [3.8, 4) is 11.1 Å². The molecule has 2 atom stereocenters. The number of carbonyl (C=O) groups excluding carboxylic acids is 3. The number of halogens is 1. The lowest BCUT2D eigenvalue weighted by molar-refractivity contribution is -0.137. The zero-order chi connectivity index (χ0) is 28.8. The van der Waals surface area contributed by atoms with Gasteiger partial charge in [-0.05, 0) is 61.4 Å². The Morgan fingerprint density at radius 2 is 1.90 bits per heavy atom. The summed E-state index contributed by atoms with van der Waals surface area (Å²) in [5.41, 5.74) is 11.3. The molecule has 5 aromatic rings. The summed E-state index contributed by atoms with van der Waals surface area (Å²) in [5, 5.41) is 16.2. The van der Waals surface area contributed by atoms with Gasteiger partial charge in [0.2, 0.25) is 11.8 Å². The van der Waals surface area contributed by atoms with E-state index in [9.17, 15) is 18.8 Å². The first kappa shape index (κ1) is 26.1. The summed E-state index contributed by atoms with van der Waals surface area (Å²) >= 11 is 0. The van der Waals surface area contributed by atoms with E-state index in [1.54, 1.807) is 42.7 Å². The fourth-order valence-electron chi connectivity index (χ4n) is 5.42. The highest BCUT2D eigenvalue weighted by Crippen LogP contribution is 2.29. The number of nitrogens with zero attached hydrogens (tertiary/aromatic N) is 5. The van der Waals surface area contributed by atoms with Crippen LogP contribution in [0.5, 0.6) is 0 Å². The maximum Gasteiger partial charge on any atom is 0.269 e. The number of carbonyl (C=O) groups is 3. The predicted octanol–water partition coefficient (Wildman–Crippen LogP) is 3.27. The van der Waals surface area contributed by atoms with Gasteiger partial charge in [0.1, 0.15) is 18.8 Å². The molecule has 1 aliphatic heterocycles. The van der Waals surface area contributed by atoms with Gasteiger partial charge >= 0.3 is 0 Å². The number of nitrogens with one attached hydrogen (secondary N) is 2. The van der Waals surface area contributed by atoms with Crippen molar-refractivity contribution in [3.63, 3.8) is 0 Å². The van der Waals surface area contributed by atoms with Gasteiger partial charge in [0.25, 0.3) is 5.91 Å². The average Bonchev–Trinajstić information content (AvgIpc) is 3.62. The van der Waals surface area contributed by atoms with Gasteiger partial charge in [0, 0.05) is 39.7 Å². The number of aryl methyl sites for hydroxylation is 2. The first-order chi connectivity index (χ1) is 19.7. The zero-order valence-electron chi connectivity index (χ0n) is 22.4. The molecular weight excluding hydrogens is 527 g/mol. The van der Waals surface area contributed by atoms with Crippen molar-refractivity contribution in [1.82, 2.24) is 29.9 Å². The fraction of sp³-hybridized carbons (Fsp3) is 0.241. The third-order valence-corrected chi connectivity index (χ3v) is 7.64. The number of likely N-dealkylation sites (tertiary alicyclic amines) is 1. The van der Waals surface area contributed by atoms with E-state index in [1.165, 1.54) is 9.58 Å². The van der Waals surface area contributed by atoms with Crippen molar-refractivity contribution >= 4 is 45.2 Å². The van der Waals surface area contributed by atoms with Gasteiger partial charge in [-0.25, -0.2) is 4.39 Å². The molecule has 11 nitrogen and oxygen atoms in total. The summed E-state index contributed by atoms with van der Waals surface area (Å²) in [6.07, 6.45) is 1.68. The largest absolute Gasteiger partial charge is 0.364 e. The monoisotopic (exact) mass is 554 g/mol. The number of aromatic nitrogens is 5. The number of amides is 3. The number of hydrogen-bond donors (Lipinski definition) is 3. The first-order valence-electron chi connectivity index (χ1n) is 13.1. The molecule has 41 heavy (non-hydrogen) atoms. The van der Waals surface area contributed by atoms with Crippen molar-refractivity contribution in [3.05, 3.63) is 71.8 Å². The summed E-state index contributed by atoms with van der Waals surface area (Å²) in [7, 11) is 0. The quantitative estimate of drug-likeness (QED) is 0.293. The van der Waals surface area contributed by atoms with Crippen LogP contribution in [0.4, 0.5) is 10.1 Å². The van der Waals surface area contributed by atoms with Crippen LogP contribution in [0.2, 0.25) is 0 Å². The zero-order valence-corrected chi connectivity index (χ0v) is 22.4. The molecule has 3 aromatic heterocycles. The molecule has 0 aliphatic carbocycles. The van der Waals surface area contributed by atoms with Crippen LogP contribution in [0.1, 0.15) is 28.2 Å². The van der Waals surface area contributed by atoms with E-state index >= 15 is 0 Å². The van der Waals surface area contributed by atoms with E-state index in [-0.39, 0.29) is 25.2 Å². The van der Waals surface area contributed by atoms with Crippen LogP contribution < -0.4 is 11.1 Å². The van der Waals surface area contributed by atoms with Crippen LogP contribution in [0.15, 0.2) is 54.9 Å². The van der Waals surface area contributed by atoms with Gasteiger partial charge in [0.05, 0.1) is 24.5 Å². The number of nitrogens with two attached hydrogens (primary N) is 1. The van der Waals surface area contributed by atoms with Gasteiger partial charge in [-0.3, -0.25) is 19.1 Å². The molecule has 2 aromatic carbocycles. The van der Waals surface area contributed by atoms with Crippen LogP contribution in [0, 0.1) is 13.8 Å². The van der Waals surface area contributed by atoms with Crippen molar-refractivity contribution in [1.29, 1.82) is 0 Å². The Kier molecular flexibility index (Phi) is 6.45. The summed E-state index contributed by atoms with van der Waals surface area (Å²) in [4.78, 5) is 43.4. The Hall–Kier alpha value is -5.13. The summed E-state index contributed by atoms with van der Waals surface area (Å²) < 4.78 is 15.9. The minimum atomic E-state index is -1.35. The lowest BCUT2D eigenvalue weighted by atomic mass is 10.0. The van der Waals surface area contributed by atoms with Gasteiger partial charge in [-0.15, -0.1) is 0 Å². The number of primary amides is 1. The van der Waals surface area contributed by atoms with Crippen molar-refractivity contribution < 1.29 is 18.8 Å². The van der Waals surface area contributed by atoms with Crippen molar-refractivity contribution in [2.45, 2.75) is 39.0 Å². The molecule has 0 saturated carbocycles. The lowest BCUT2D eigenvalue weighted by Gasteiger charge is -2.23. The molecule has 0 spiro atoms. The molecule has 4 N–H and O–H groups in total. The van der Waals surface area contributed by atoms with Crippen LogP contribution >= 0.6 is 0 Å². The van der Waals surface area contributed by atoms with E-state index in [2.05, 4.69) is 25.6 Å². The number of aromatic amines is 1. The third-order valence-electron chi connectivity index (χ3n) is 7.64. The number of hydrogen-bond acceptors (Lipinski definition) is 6. The highest BCUT2D eigenvalue weighted by Gasteiger charge is 2.40. The summed E-state index contributed by atoms with van der Waals surface area (Å²) in [6, 6.07) is 11.6. The highest BCUT2D eigenvalue weighted by atomic mass is 19.1. The number of alkyl halides is 1. The third kappa shape index (κ3) is 4.77. The second kappa shape index (κ2) is 10.1. The van der Waals surface area contributed by atoms with Crippen LogP contribution in [-0.2, 0) is 16.1 Å². The van der Waals surface area contributed by atoms with Crippen molar-refractivity contribution in [2.75, 3.05) is 11.9 Å². The maximum atomic E-state index is 14.6. The minimum Gasteiger partial charge on any atom is -0.364 e. The maximum absolute atomic E-state index is 14.6. The normalized spacial score (nSPS) is 16.9. The Morgan fingerprint density at radius 1 is 1.07 bits per heavy atom. The second-order valence-electron chi connectivity index (χ2n) is 10.3. The standard InChI is InChI=1S/C29H27FN8O3/c1-15-16(2)34-23-5-4-20(11-21(15)23)35-29(41)25-10-19(30)13-37(25)26(39)14-38-24-6-3-17(18-7-8-32-33-12-18)9-22(24)27(36-38)28(31)40/h3-9,11-12,19,25,34H,10,13-14H2,1-2H3,(H2,31,40)(H,35,41)/t19-,25+/m1/s1. The Balaban J connectivity index is 1.25. The van der Waals surface area contributed by atoms with E-state index in [0.717, 1.165) is 33.3 Å². The Bertz CT molecular complexity index is 1830. The highest BCUT2D eigenvalue weighted by molar-refractivity contribution is 6.05. The Morgan fingerprint density at radius 3 is 2.66 bits per heavy atom. The van der Waals surface area contributed by atoms with E-state index in [4.69, 9.17) is 5.73 Å². The SMILES string of the molecule is Cc1[nH]c2ccc(NC(=O)[C@@H]3C[C@@H](F)CN3C(=O)Cn3nc(C(N)=O)c4cc(-c5ccnnc5)ccc43)cc2c1C. The molecular formula is C29H27FN8O3. The lowest BCUT2D eigenvalue weighted by Crippen LogP contribution is -2.44. The van der Waals surface area contributed by atoms with Gasteiger partial charge in [-0.2, -0.15) is 15.3 Å². The molecule has 4 heterocycles. The fourth-order valence-corrected chi connectivity index (χ4v) is 5.42. The first-order valence-corrected chi connectivity index (χ1v) is 13.1. The molecule has 1 aliphatic rings. The second-order valence-corrected chi connectivity index (χ2v) is 10.3. The van der Waals surface area contributed by atoms with Gasteiger partial charge in [0.15, 0.2) is 5.69 Å². The van der Waals surface area contributed by atoms with Gasteiger partial charge in [-0.1, -0.05) is 6.07 Å². The minimum absolute atomic E-state index is 0.00132. The van der Waals surface area contributed by atoms with Crippen LogP contribution in [0.3, 0.4) is 0 Å². The summed E-state index contributed by atoms with van der Waals surface area (Å²) in [6.45, 7) is 3.45. The smallest absolute Gasteiger partial charge is 0.269 e. The van der Waals surface area contributed by atoms with E-state index in [1.807, 2.05) is 26.0 Å². The number of fused-ring (bicyclic) bond motifs is 2. The number of benzene rings is 2. The molecule has 0 bridgehead atoms. The van der Waals surface area contributed by atoms with E-state index < -0.39 is 29.9 Å². The van der Waals surface area contributed by atoms with Crippen LogP contribution in [0.25, 0.3) is 32.9 Å². The number of H-pyrrole nitrogens is 1. The molecule has 6 rings (SSSR count). The molecule has 12 heteroatoms. The van der Waals surface area contributed by atoms with Crippen LogP contribution in [-0.4, -0.2) is 66.3 Å². The number of rotatable bonds is 6. The van der Waals surface area contributed by atoms with E-state index in [0.29, 0.717) is 16.6 Å². The molecule has 3 amide bonds. The number of anilines is 1.